The fourth-order valence-corrected chi connectivity index (χ4v) is 2.26. The number of carbonyl (C=O) groups excluding carboxylic acids is 1. The number of hydrogen-bond donors (Lipinski definition) is 0. The Labute approximate surface area is 107 Å². The molecule has 0 amide bonds. The number of halogens is 2. The summed E-state index contributed by atoms with van der Waals surface area (Å²) in [6, 6.07) is 0.557. The van der Waals surface area contributed by atoms with E-state index in [2.05, 4.69) is 0 Å². The largest absolute Gasteiger partial charge is 0.466 e. The lowest BCUT2D eigenvalue weighted by Gasteiger charge is -2.06. The zero-order valence-corrected chi connectivity index (χ0v) is 10.1. The lowest BCUT2D eigenvalue weighted by Crippen LogP contribution is -2.18. The second kappa shape index (κ2) is 4.91. The third-order valence-electron chi connectivity index (χ3n) is 3.12. The highest BCUT2D eigenvalue weighted by molar-refractivity contribution is 5.74. The first kappa shape index (κ1) is 13.4. The van der Waals surface area contributed by atoms with Gasteiger partial charge in [-0.1, -0.05) is 0 Å². The van der Waals surface area contributed by atoms with E-state index in [0.29, 0.717) is 6.07 Å². The predicted octanol–water partition coefficient (Wildman–Crippen LogP) is 2.15. The zero-order chi connectivity index (χ0) is 14.2. The highest BCUT2D eigenvalue weighted by atomic mass is 19.1. The smallest absolute Gasteiger partial charge is 0.309 e. The van der Waals surface area contributed by atoms with Crippen LogP contribution in [0.5, 0.6) is 0 Å². The van der Waals surface area contributed by atoms with E-state index in [-0.39, 0.29) is 30.6 Å². The van der Waals surface area contributed by atoms with Crippen LogP contribution in [0.2, 0.25) is 0 Å². The first-order valence-electron chi connectivity index (χ1n) is 5.76. The number of nitrogens with zero attached hydrogens (tertiary/aromatic N) is 1. The van der Waals surface area contributed by atoms with Crippen LogP contribution in [0.4, 0.5) is 14.5 Å². The van der Waals surface area contributed by atoms with Crippen LogP contribution < -0.4 is 0 Å². The molecule has 0 radical (unpaired) electrons. The molecule has 5 nitrogen and oxygen atoms in total. The minimum absolute atomic E-state index is 0.00884. The van der Waals surface area contributed by atoms with E-state index in [1.165, 1.54) is 0 Å². The van der Waals surface area contributed by atoms with Gasteiger partial charge in [-0.05, 0) is 25.3 Å². The molecule has 0 bridgehead atoms. The third kappa shape index (κ3) is 2.27. The molecule has 1 aromatic carbocycles. The van der Waals surface area contributed by atoms with Gasteiger partial charge in [0.15, 0.2) is 0 Å². The predicted molar refractivity (Wildman–Crippen MR) is 60.5 cm³/mol. The number of hydrogen-bond acceptors (Lipinski definition) is 4. The highest BCUT2D eigenvalue weighted by Crippen LogP contribution is 2.35. The molecule has 1 atom stereocenters. The average Bonchev–Trinajstić information content (AvgIpc) is 2.79. The molecule has 0 N–H and O–H groups in total. The van der Waals surface area contributed by atoms with Crippen LogP contribution in [-0.4, -0.2) is 17.5 Å². The maximum atomic E-state index is 13.9. The van der Waals surface area contributed by atoms with Crippen molar-refractivity contribution in [1.29, 1.82) is 0 Å². The number of esters is 1. The van der Waals surface area contributed by atoms with Crippen molar-refractivity contribution in [2.75, 3.05) is 6.61 Å². The van der Waals surface area contributed by atoms with E-state index in [0.717, 1.165) is 0 Å². The number of nitro groups is 1. The van der Waals surface area contributed by atoms with Crippen molar-refractivity contribution < 1.29 is 23.2 Å². The van der Waals surface area contributed by atoms with Crippen molar-refractivity contribution >= 4 is 11.7 Å². The quantitative estimate of drug-likeness (QED) is 0.480. The maximum Gasteiger partial charge on any atom is 0.309 e. The Morgan fingerprint density at radius 1 is 1.47 bits per heavy atom. The van der Waals surface area contributed by atoms with E-state index in [4.69, 9.17) is 4.74 Å². The summed E-state index contributed by atoms with van der Waals surface area (Å²) in [5.41, 5.74) is -0.966. The van der Waals surface area contributed by atoms with Gasteiger partial charge < -0.3 is 4.74 Å². The molecule has 102 valence electrons. The van der Waals surface area contributed by atoms with E-state index in [1.807, 2.05) is 0 Å². The molecule has 0 saturated carbocycles. The average molecular weight is 271 g/mol. The summed E-state index contributed by atoms with van der Waals surface area (Å²) in [5.74, 6) is -3.13. The minimum atomic E-state index is -1.06. The summed E-state index contributed by atoms with van der Waals surface area (Å²) in [4.78, 5) is 21.2. The van der Waals surface area contributed by atoms with Crippen molar-refractivity contribution in [3.63, 3.8) is 0 Å². The van der Waals surface area contributed by atoms with Crippen LogP contribution in [0.25, 0.3) is 0 Å². The van der Waals surface area contributed by atoms with Crippen LogP contribution in [0.3, 0.4) is 0 Å². The monoisotopic (exact) mass is 271 g/mol. The molecule has 0 aromatic heterocycles. The first-order valence-corrected chi connectivity index (χ1v) is 5.76. The molecule has 0 aliphatic heterocycles. The second-order valence-corrected chi connectivity index (χ2v) is 4.26. The molecular weight excluding hydrogens is 260 g/mol. The molecule has 2 rings (SSSR count). The Morgan fingerprint density at radius 2 is 2.11 bits per heavy atom. The van der Waals surface area contributed by atoms with Gasteiger partial charge in [-0.25, -0.2) is 4.39 Å². The van der Waals surface area contributed by atoms with Crippen molar-refractivity contribution in [2.24, 2.45) is 5.92 Å². The zero-order valence-electron chi connectivity index (χ0n) is 10.1. The molecule has 1 aliphatic rings. The fourth-order valence-electron chi connectivity index (χ4n) is 2.26. The summed E-state index contributed by atoms with van der Waals surface area (Å²) >= 11 is 0. The summed E-state index contributed by atoms with van der Waals surface area (Å²) in [6.07, 6.45) is -0.0620. The van der Waals surface area contributed by atoms with Gasteiger partial charge in [0, 0.05) is 5.56 Å². The van der Waals surface area contributed by atoms with Gasteiger partial charge in [0.1, 0.15) is 5.82 Å². The van der Waals surface area contributed by atoms with Crippen LogP contribution in [-0.2, 0) is 22.4 Å². The Kier molecular flexibility index (Phi) is 3.46. The van der Waals surface area contributed by atoms with Gasteiger partial charge in [0.25, 0.3) is 0 Å². The highest BCUT2D eigenvalue weighted by Gasteiger charge is 2.36. The Hall–Kier alpha value is -2.05. The topological polar surface area (TPSA) is 69.4 Å². The van der Waals surface area contributed by atoms with Crippen molar-refractivity contribution in [3.8, 4) is 0 Å². The number of rotatable bonds is 3. The van der Waals surface area contributed by atoms with Crippen LogP contribution in [0.15, 0.2) is 6.07 Å². The minimum Gasteiger partial charge on any atom is -0.466 e. The van der Waals surface area contributed by atoms with Gasteiger partial charge in [0.05, 0.1) is 23.5 Å². The Morgan fingerprint density at radius 3 is 2.68 bits per heavy atom. The van der Waals surface area contributed by atoms with Gasteiger partial charge >= 0.3 is 11.7 Å². The molecule has 0 heterocycles. The normalized spacial score (nSPS) is 17.1. The standard InChI is InChI=1S/C12H11F2NO4/c1-2-19-12(16)6-3-7-8(4-6)11(14)10(15(17)18)5-9(7)13/h5-6H,2-4H2,1H3. The number of fused-ring (bicyclic) bond motifs is 1. The molecule has 1 aliphatic carbocycles. The summed E-state index contributed by atoms with van der Waals surface area (Å²) in [5, 5.41) is 10.6. The summed E-state index contributed by atoms with van der Waals surface area (Å²) < 4.78 is 32.4. The van der Waals surface area contributed by atoms with Crippen LogP contribution >= 0.6 is 0 Å². The van der Waals surface area contributed by atoms with Crippen LogP contribution in [0, 0.1) is 27.7 Å². The van der Waals surface area contributed by atoms with E-state index < -0.39 is 34.1 Å². The molecule has 1 unspecified atom stereocenters. The van der Waals surface area contributed by atoms with Gasteiger partial charge in [0.2, 0.25) is 5.82 Å². The van der Waals surface area contributed by atoms with Crippen molar-refractivity contribution in [2.45, 2.75) is 19.8 Å². The number of benzene rings is 1. The number of nitro benzene ring substituents is 1. The van der Waals surface area contributed by atoms with Crippen molar-refractivity contribution in [1.82, 2.24) is 0 Å². The number of ether oxygens (including phenoxy) is 1. The number of carbonyl (C=O) groups is 1. The van der Waals surface area contributed by atoms with Crippen LogP contribution in [0.1, 0.15) is 18.1 Å². The Balaban J connectivity index is 2.38. The SMILES string of the molecule is CCOC(=O)C1Cc2c(F)cc([N+](=O)[O-])c(F)c2C1. The van der Waals surface area contributed by atoms with E-state index in [1.54, 1.807) is 6.92 Å². The van der Waals surface area contributed by atoms with E-state index >= 15 is 0 Å². The van der Waals surface area contributed by atoms with E-state index in [9.17, 15) is 23.7 Å². The van der Waals surface area contributed by atoms with Gasteiger partial charge in [-0.3, -0.25) is 14.9 Å². The summed E-state index contributed by atoms with van der Waals surface area (Å²) in [6.45, 7) is 1.81. The first-order chi connectivity index (χ1) is 8.95. The molecule has 0 saturated heterocycles. The molecule has 7 heteroatoms. The van der Waals surface area contributed by atoms with Crippen molar-refractivity contribution in [3.05, 3.63) is 38.9 Å². The van der Waals surface area contributed by atoms with Gasteiger partial charge in [-0.2, -0.15) is 4.39 Å². The fraction of sp³-hybridized carbons (Fsp3) is 0.417. The lowest BCUT2D eigenvalue weighted by atomic mass is 10.1. The summed E-state index contributed by atoms with van der Waals surface area (Å²) in [7, 11) is 0. The molecule has 0 spiro atoms. The molecule has 19 heavy (non-hydrogen) atoms. The lowest BCUT2D eigenvalue weighted by molar-refractivity contribution is -0.387. The third-order valence-corrected chi connectivity index (χ3v) is 3.12. The molecular formula is C12H11F2NO4. The van der Waals surface area contributed by atoms with Gasteiger partial charge in [-0.15, -0.1) is 0 Å². The molecule has 0 fully saturated rings. The maximum absolute atomic E-state index is 13.9. The molecule has 1 aromatic rings. The Bertz CT molecular complexity index is 559. The second-order valence-electron chi connectivity index (χ2n) is 4.26.